The second-order valence-corrected chi connectivity index (χ2v) is 5.10. The summed E-state index contributed by atoms with van der Waals surface area (Å²) in [5.41, 5.74) is 2.05. The molecule has 0 fully saturated rings. The van der Waals surface area contributed by atoms with Crippen LogP contribution in [0.25, 0.3) is 0 Å². The van der Waals surface area contributed by atoms with Gasteiger partial charge in [-0.1, -0.05) is 6.08 Å². The van der Waals surface area contributed by atoms with Gasteiger partial charge in [0, 0.05) is 31.8 Å². The van der Waals surface area contributed by atoms with E-state index >= 15 is 0 Å². The zero-order valence-electron chi connectivity index (χ0n) is 13.7. The molecule has 1 aromatic heterocycles. The molecule has 0 radical (unpaired) electrons. The van der Waals surface area contributed by atoms with E-state index in [0.29, 0.717) is 29.1 Å². The molecule has 0 unspecified atom stereocenters. The van der Waals surface area contributed by atoms with Crippen molar-refractivity contribution >= 4 is 17.7 Å². The molecule has 0 saturated heterocycles. The van der Waals surface area contributed by atoms with Crippen LogP contribution in [0.1, 0.15) is 39.0 Å². The summed E-state index contributed by atoms with van der Waals surface area (Å²) in [6, 6.07) is 0. The summed E-state index contributed by atoms with van der Waals surface area (Å²) in [7, 11) is 3.00. The molecule has 0 bridgehead atoms. The third kappa shape index (κ3) is 3.27. The highest BCUT2D eigenvalue weighted by atomic mass is 16.5. The quantitative estimate of drug-likeness (QED) is 0.455. The summed E-state index contributed by atoms with van der Waals surface area (Å²) in [4.78, 5) is 37.3. The molecule has 22 heavy (non-hydrogen) atoms. The van der Waals surface area contributed by atoms with E-state index in [4.69, 9.17) is 4.74 Å². The van der Waals surface area contributed by atoms with Crippen LogP contribution >= 0.6 is 0 Å². The molecule has 0 atom stereocenters. The Morgan fingerprint density at radius 3 is 2.36 bits per heavy atom. The molecule has 0 aliphatic carbocycles. The van der Waals surface area contributed by atoms with Gasteiger partial charge < -0.3 is 14.2 Å². The number of hydrogen-bond acceptors (Lipinski definition) is 4. The second-order valence-electron chi connectivity index (χ2n) is 5.10. The molecule has 0 aliphatic heterocycles. The van der Waals surface area contributed by atoms with Gasteiger partial charge in [0.25, 0.3) is 0 Å². The maximum absolute atomic E-state index is 12.6. The highest BCUT2D eigenvalue weighted by Gasteiger charge is 2.26. The minimum atomic E-state index is -0.489. The van der Waals surface area contributed by atoms with E-state index < -0.39 is 5.97 Å². The minimum Gasteiger partial charge on any atom is -0.464 e. The van der Waals surface area contributed by atoms with Gasteiger partial charge in [0.15, 0.2) is 5.78 Å². The number of Topliss-reactive ketones (excluding diaryl/α,β-unsaturated/α-hetero) is 1. The summed E-state index contributed by atoms with van der Waals surface area (Å²) in [6.07, 6.45) is 1.57. The van der Waals surface area contributed by atoms with Crippen molar-refractivity contribution in [3.8, 4) is 0 Å². The molecule has 6 heteroatoms. The monoisotopic (exact) mass is 306 g/mol. The van der Waals surface area contributed by atoms with Crippen LogP contribution in [0.15, 0.2) is 12.7 Å². The number of aromatic nitrogens is 1. The smallest absolute Gasteiger partial charge is 0.354 e. The average molecular weight is 306 g/mol. The fourth-order valence-electron chi connectivity index (χ4n) is 2.49. The van der Waals surface area contributed by atoms with E-state index in [1.165, 1.54) is 18.9 Å². The zero-order valence-corrected chi connectivity index (χ0v) is 13.7. The van der Waals surface area contributed by atoms with Gasteiger partial charge in [-0.2, -0.15) is 0 Å². The van der Waals surface area contributed by atoms with Crippen LogP contribution in [-0.4, -0.2) is 47.3 Å². The van der Waals surface area contributed by atoms with E-state index in [1.807, 2.05) is 0 Å². The summed E-state index contributed by atoms with van der Waals surface area (Å²) in [5, 5.41) is 0. The van der Waals surface area contributed by atoms with E-state index in [2.05, 4.69) is 6.58 Å². The number of rotatable bonds is 6. The molecular weight excluding hydrogens is 284 g/mol. The normalized spacial score (nSPS) is 10.2. The second kappa shape index (κ2) is 7.06. The Morgan fingerprint density at radius 2 is 1.91 bits per heavy atom. The topological polar surface area (TPSA) is 68.6 Å². The molecule has 1 rings (SSSR count). The Kier molecular flexibility index (Phi) is 5.68. The van der Waals surface area contributed by atoms with E-state index in [1.54, 1.807) is 31.5 Å². The number of esters is 1. The van der Waals surface area contributed by atoms with Crippen molar-refractivity contribution < 1.29 is 19.1 Å². The molecule has 6 nitrogen and oxygen atoms in total. The summed E-state index contributed by atoms with van der Waals surface area (Å²) in [5.74, 6) is -0.901. The molecule has 1 amide bonds. The van der Waals surface area contributed by atoms with Gasteiger partial charge in [0.1, 0.15) is 5.69 Å². The Morgan fingerprint density at radius 1 is 1.32 bits per heavy atom. The number of amides is 1. The predicted octanol–water partition coefficient (Wildman–Crippen LogP) is 1.65. The van der Waals surface area contributed by atoms with E-state index in [9.17, 15) is 14.4 Å². The van der Waals surface area contributed by atoms with Crippen molar-refractivity contribution in [1.82, 2.24) is 9.47 Å². The molecule has 120 valence electrons. The molecule has 0 aromatic carbocycles. The van der Waals surface area contributed by atoms with Crippen molar-refractivity contribution in [1.29, 1.82) is 0 Å². The molecule has 0 aliphatic rings. The average Bonchev–Trinajstić information content (AvgIpc) is 2.68. The zero-order chi connectivity index (χ0) is 17.0. The predicted molar refractivity (Wildman–Crippen MR) is 83.0 cm³/mol. The van der Waals surface area contributed by atoms with Gasteiger partial charge in [-0.25, -0.2) is 4.79 Å². The molecule has 1 aromatic rings. The van der Waals surface area contributed by atoms with Crippen LogP contribution in [0.4, 0.5) is 0 Å². The van der Waals surface area contributed by atoms with Crippen LogP contribution in [-0.2, 0) is 16.6 Å². The first kappa shape index (κ1) is 17.7. The van der Waals surface area contributed by atoms with Crippen molar-refractivity contribution in [3.05, 3.63) is 35.2 Å². The third-order valence-corrected chi connectivity index (χ3v) is 3.72. The Labute approximate surface area is 130 Å². The van der Waals surface area contributed by atoms with Gasteiger partial charge >= 0.3 is 5.97 Å². The molecule has 0 saturated carbocycles. The maximum Gasteiger partial charge on any atom is 0.354 e. The first-order valence-electron chi connectivity index (χ1n) is 6.90. The van der Waals surface area contributed by atoms with E-state index in [0.717, 1.165) is 0 Å². The standard InChI is InChI=1S/C16H22N2O4/c1-7-8-18(12(4)19)9-13(20)14-10(2)15(16(21)22-6)17(5)11(14)3/h7H,1,8-9H2,2-6H3. The van der Waals surface area contributed by atoms with E-state index in [-0.39, 0.29) is 18.2 Å². The van der Waals surface area contributed by atoms with Crippen LogP contribution in [0.2, 0.25) is 0 Å². The fourth-order valence-corrected chi connectivity index (χ4v) is 2.49. The Hall–Kier alpha value is -2.37. The lowest BCUT2D eigenvalue weighted by Gasteiger charge is -2.18. The number of nitrogens with zero attached hydrogens (tertiary/aromatic N) is 2. The number of carbonyl (C=O) groups is 3. The van der Waals surface area contributed by atoms with Gasteiger partial charge in [-0.3, -0.25) is 9.59 Å². The summed E-state index contributed by atoms with van der Waals surface area (Å²) in [6.45, 7) is 8.71. The van der Waals surface area contributed by atoms with Gasteiger partial charge in [-0.05, 0) is 19.4 Å². The van der Waals surface area contributed by atoms with Crippen LogP contribution in [0, 0.1) is 13.8 Å². The third-order valence-electron chi connectivity index (χ3n) is 3.72. The SMILES string of the molecule is C=CCN(CC(=O)c1c(C)c(C(=O)OC)n(C)c1C)C(C)=O. The van der Waals surface area contributed by atoms with Crippen LogP contribution in [0.5, 0.6) is 0 Å². The lowest BCUT2D eigenvalue weighted by Crippen LogP contribution is -2.34. The molecular formula is C16H22N2O4. The number of ether oxygens (including phenoxy) is 1. The van der Waals surface area contributed by atoms with Crippen LogP contribution in [0.3, 0.4) is 0 Å². The minimum absolute atomic E-state index is 0.0480. The Bertz CT molecular complexity index is 629. The van der Waals surface area contributed by atoms with Crippen molar-refractivity contribution in [2.24, 2.45) is 7.05 Å². The number of ketones is 1. The fraction of sp³-hybridized carbons (Fsp3) is 0.438. The van der Waals surface area contributed by atoms with Crippen molar-refractivity contribution in [2.45, 2.75) is 20.8 Å². The molecule has 0 N–H and O–H groups in total. The largest absolute Gasteiger partial charge is 0.464 e. The van der Waals surface area contributed by atoms with Gasteiger partial charge in [0.05, 0.1) is 13.7 Å². The van der Waals surface area contributed by atoms with Crippen molar-refractivity contribution in [3.63, 3.8) is 0 Å². The molecule has 0 spiro atoms. The first-order chi connectivity index (χ1) is 10.3. The number of carbonyl (C=O) groups excluding carboxylic acids is 3. The maximum atomic E-state index is 12.6. The van der Waals surface area contributed by atoms with Crippen molar-refractivity contribution in [2.75, 3.05) is 20.2 Å². The lowest BCUT2D eigenvalue weighted by molar-refractivity contribution is -0.127. The highest BCUT2D eigenvalue weighted by molar-refractivity contribution is 6.04. The van der Waals surface area contributed by atoms with Gasteiger partial charge in [-0.15, -0.1) is 6.58 Å². The summed E-state index contributed by atoms with van der Waals surface area (Å²) < 4.78 is 6.39. The number of hydrogen-bond donors (Lipinski definition) is 0. The molecule has 1 heterocycles. The number of methoxy groups -OCH3 is 1. The Balaban J connectivity index is 3.21. The van der Waals surface area contributed by atoms with Gasteiger partial charge in [0.2, 0.25) is 5.91 Å². The lowest BCUT2D eigenvalue weighted by atomic mass is 10.1. The highest BCUT2D eigenvalue weighted by Crippen LogP contribution is 2.22. The first-order valence-corrected chi connectivity index (χ1v) is 6.90. The summed E-state index contributed by atoms with van der Waals surface area (Å²) >= 11 is 0. The van der Waals surface area contributed by atoms with Crippen LogP contribution < -0.4 is 0 Å².